The fraction of sp³-hybridized carbons (Fsp3) is 0.429. The molecule has 2 heteroatoms. The molecule has 1 aliphatic rings. The first-order chi connectivity index (χ1) is 7.74. The molecule has 0 radical (unpaired) electrons. The van der Waals surface area contributed by atoms with Crippen LogP contribution in [-0.4, -0.2) is 18.5 Å². The standard InChI is InChI=1S/C14H18O2/c1-11-10-12(2)16-14(15-11)9-8-13-6-4-3-5-7-13/h3-9,11-12,14H,10H2,1-2H3/b9-8-/t11-,12+,14?. The molecule has 0 aliphatic carbocycles. The molecular weight excluding hydrogens is 200 g/mol. The van der Waals surface area contributed by atoms with Crippen molar-refractivity contribution in [1.82, 2.24) is 0 Å². The van der Waals surface area contributed by atoms with E-state index in [2.05, 4.69) is 26.0 Å². The van der Waals surface area contributed by atoms with Crippen molar-refractivity contribution in [3.05, 3.63) is 42.0 Å². The summed E-state index contributed by atoms with van der Waals surface area (Å²) >= 11 is 0. The van der Waals surface area contributed by atoms with Gasteiger partial charge >= 0.3 is 0 Å². The van der Waals surface area contributed by atoms with Gasteiger partial charge in [0, 0.05) is 0 Å². The zero-order chi connectivity index (χ0) is 11.4. The van der Waals surface area contributed by atoms with Crippen LogP contribution in [0.25, 0.3) is 6.08 Å². The van der Waals surface area contributed by atoms with Gasteiger partial charge in [-0.05, 0) is 31.9 Å². The summed E-state index contributed by atoms with van der Waals surface area (Å²) in [4.78, 5) is 0. The maximum atomic E-state index is 5.67. The van der Waals surface area contributed by atoms with Crippen LogP contribution in [0.5, 0.6) is 0 Å². The molecule has 1 fully saturated rings. The molecule has 0 N–H and O–H groups in total. The molecule has 1 aromatic rings. The number of ether oxygens (including phenoxy) is 2. The van der Waals surface area contributed by atoms with Gasteiger partial charge in [0.25, 0.3) is 0 Å². The predicted octanol–water partition coefficient (Wildman–Crippen LogP) is 3.24. The normalized spacial score (nSPS) is 30.8. The van der Waals surface area contributed by atoms with Crippen LogP contribution < -0.4 is 0 Å². The first kappa shape index (κ1) is 11.4. The molecule has 1 aliphatic heterocycles. The van der Waals surface area contributed by atoms with Crippen LogP contribution in [0.3, 0.4) is 0 Å². The third kappa shape index (κ3) is 3.19. The molecule has 1 heterocycles. The molecule has 1 unspecified atom stereocenters. The molecule has 0 spiro atoms. The van der Waals surface area contributed by atoms with Crippen LogP contribution in [0.4, 0.5) is 0 Å². The Labute approximate surface area is 96.9 Å². The number of benzene rings is 1. The van der Waals surface area contributed by atoms with Gasteiger partial charge in [-0.2, -0.15) is 0 Å². The van der Waals surface area contributed by atoms with Gasteiger partial charge in [-0.25, -0.2) is 0 Å². The van der Waals surface area contributed by atoms with Gasteiger partial charge in [-0.15, -0.1) is 0 Å². The second-order valence-corrected chi connectivity index (χ2v) is 4.27. The number of rotatable bonds is 2. The zero-order valence-corrected chi connectivity index (χ0v) is 9.80. The highest BCUT2D eigenvalue weighted by atomic mass is 16.7. The van der Waals surface area contributed by atoms with Crippen molar-refractivity contribution < 1.29 is 9.47 Å². The molecule has 0 aromatic heterocycles. The van der Waals surface area contributed by atoms with E-state index in [9.17, 15) is 0 Å². The minimum atomic E-state index is -0.209. The second-order valence-electron chi connectivity index (χ2n) is 4.27. The van der Waals surface area contributed by atoms with E-state index in [1.165, 1.54) is 5.56 Å². The summed E-state index contributed by atoms with van der Waals surface area (Å²) in [7, 11) is 0. The number of hydrogen-bond donors (Lipinski definition) is 0. The third-order valence-corrected chi connectivity index (χ3v) is 2.64. The van der Waals surface area contributed by atoms with Gasteiger partial charge in [0.05, 0.1) is 12.2 Å². The Morgan fingerprint density at radius 3 is 2.31 bits per heavy atom. The molecule has 1 aromatic carbocycles. The van der Waals surface area contributed by atoms with Crippen LogP contribution in [0.2, 0.25) is 0 Å². The molecule has 86 valence electrons. The topological polar surface area (TPSA) is 18.5 Å². The Morgan fingerprint density at radius 1 is 1.06 bits per heavy atom. The summed E-state index contributed by atoms with van der Waals surface area (Å²) in [6.07, 6.45) is 5.31. The Hall–Kier alpha value is -1.12. The van der Waals surface area contributed by atoms with Gasteiger partial charge in [-0.3, -0.25) is 0 Å². The van der Waals surface area contributed by atoms with E-state index in [0.717, 1.165) is 6.42 Å². The SMILES string of the molecule is C[C@@H]1C[C@H](C)OC(/C=C\c2ccccc2)O1. The Balaban J connectivity index is 1.96. The van der Waals surface area contributed by atoms with Crippen molar-refractivity contribution in [3.63, 3.8) is 0 Å². The lowest BCUT2D eigenvalue weighted by Gasteiger charge is -2.30. The molecule has 2 nitrogen and oxygen atoms in total. The van der Waals surface area contributed by atoms with Gasteiger partial charge in [0.2, 0.25) is 0 Å². The number of hydrogen-bond acceptors (Lipinski definition) is 2. The lowest BCUT2D eigenvalue weighted by Crippen LogP contribution is -2.34. The first-order valence-electron chi connectivity index (χ1n) is 5.78. The summed E-state index contributed by atoms with van der Waals surface area (Å²) < 4.78 is 11.3. The lowest BCUT2D eigenvalue weighted by atomic mass is 10.1. The Morgan fingerprint density at radius 2 is 1.69 bits per heavy atom. The summed E-state index contributed by atoms with van der Waals surface area (Å²) in [6, 6.07) is 10.2. The molecule has 3 atom stereocenters. The van der Waals surface area contributed by atoms with Crippen LogP contribution in [0.1, 0.15) is 25.8 Å². The summed E-state index contributed by atoms with van der Waals surface area (Å²) in [5.41, 5.74) is 1.17. The van der Waals surface area contributed by atoms with Gasteiger partial charge in [0.1, 0.15) is 0 Å². The highest BCUT2D eigenvalue weighted by Gasteiger charge is 2.22. The predicted molar refractivity (Wildman–Crippen MR) is 65.0 cm³/mol. The largest absolute Gasteiger partial charge is 0.346 e. The monoisotopic (exact) mass is 218 g/mol. The van der Waals surface area contributed by atoms with Crippen molar-refractivity contribution in [2.75, 3.05) is 0 Å². The van der Waals surface area contributed by atoms with E-state index in [-0.39, 0.29) is 18.5 Å². The van der Waals surface area contributed by atoms with E-state index < -0.39 is 0 Å². The maximum Gasteiger partial charge on any atom is 0.177 e. The van der Waals surface area contributed by atoms with Gasteiger partial charge in [0.15, 0.2) is 6.29 Å². The van der Waals surface area contributed by atoms with Crippen molar-refractivity contribution in [2.24, 2.45) is 0 Å². The zero-order valence-electron chi connectivity index (χ0n) is 9.80. The van der Waals surface area contributed by atoms with Crippen LogP contribution >= 0.6 is 0 Å². The second kappa shape index (κ2) is 5.28. The maximum absolute atomic E-state index is 5.67. The fourth-order valence-electron chi connectivity index (χ4n) is 1.91. The van der Waals surface area contributed by atoms with Gasteiger partial charge < -0.3 is 9.47 Å². The van der Waals surface area contributed by atoms with E-state index in [1.807, 2.05) is 30.4 Å². The average molecular weight is 218 g/mol. The van der Waals surface area contributed by atoms with E-state index >= 15 is 0 Å². The average Bonchev–Trinajstić information content (AvgIpc) is 2.27. The Bertz CT molecular complexity index is 335. The summed E-state index contributed by atoms with van der Waals surface area (Å²) in [5.74, 6) is 0. The lowest BCUT2D eigenvalue weighted by molar-refractivity contribution is -0.209. The highest BCUT2D eigenvalue weighted by Crippen LogP contribution is 2.19. The van der Waals surface area contributed by atoms with Crippen LogP contribution in [0.15, 0.2) is 36.4 Å². The van der Waals surface area contributed by atoms with Crippen molar-refractivity contribution in [3.8, 4) is 0 Å². The van der Waals surface area contributed by atoms with Crippen molar-refractivity contribution in [2.45, 2.75) is 38.8 Å². The van der Waals surface area contributed by atoms with Crippen molar-refractivity contribution in [1.29, 1.82) is 0 Å². The Kier molecular flexibility index (Phi) is 3.75. The van der Waals surface area contributed by atoms with Crippen LogP contribution in [0, 0.1) is 0 Å². The summed E-state index contributed by atoms with van der Waals surface area (Å²) in [6.45, 7) is 4.17. The first-order valence-corrected chi connectivity index (χ1v) is 5.78. The van der Waals surface area contributed by atoms with E-state index in [1.54, 1.807) is 0 Å². The van der Waals surface area contributed by atoms with E-state index in [4.69, 9.17) is 9.47 Å². The molecule has 1 saturated heterocycles. The molecule has 0 saturated carbocycles. The molecule has 16 heavy (non-hydrogen) atoms. The summed E-state index contributed by atoms with van der Waals surface area (Å²) in [5, 5.41) is 0. The molecule has 2 rings (SSSR count). The van der Waals surface area contributed by atoms with Crippen molar-refractivity contribution >= 4 is 6.08 Å². The van der Waals surface area contributed by atoms with Crippen LogP contribution in [-0.2, 0) is 9.47 Å². The smallest absolute Gasteiger partial charge is 0.177 e. The highest BCUT2D eigenvalue weighted by molar-refractivity contribution is 5.48. The molecular formula is C14H18O2. The fourth-order valence-corrected chi connectivity index (χ4v) is 1.91. The quantitative estimate of drug-likeness (QED) is 0.758. The minimum Gasteiger partial charge on any atom is -0.346 e. The van der Waals surface area contributed by atoms with Gasteiger partial charge in [-0.1, -0.05) is 36.4 Å². The molecule has 0 bridgehead atoms. The third-order valence-electron chi connectivity index (χ3n) is 2.64. The minimum absolute atomic E-state index is 0.209. The molecule has 0 amide bonds. The van der Waals surface area contributed by atoms with E-state index in [0.29, 0.717) is 0 Å².